The molecule has 0 aromatic carbocycles. The molecule has 3 heterocycles. The van der Waals surface area contributed by atoms with E-state index in [0.29, 0.717) is 43.3 Å². The van der Waals surface area contributed by atoms with Gasteiger partial charge < -0.3 is 15.5 Å². The van der Waals surface area contributed by atoms with E-state index in [1.54, 1.807) is 15.2 Å². The van der Waals surface area contributed by atoms with Crippen molar-refractivity contribution in [3.63, 3.8) is 0 Å². The van der Waals surface area contributed by atoms with Gasteiger partial charge in [0.15, 0.2) is 5.13 Å². The highest BCUT2D eigenvalue weighted by Gasteiger charge is 2.57. The highest BCUT2D eigenvalue weighted by atomic mass is 32.1. The van der Waals surface area contributed by atoms with Gasteiger partial charge in [0.05, 0.1) is 0 Å². The van der Waals surface area contributed by atoms with Crippen LogP contribution in [0, 0.1) is 5.92 Å². The zero-order valence-electron chi connectivity index (χ0n) is 14.7. The molecule has 1 spiro atoms. The lowest BCUT2D eigenvalue weighted by atomic mass is 9.85. The smallest absolute Gasteiger partial charge is 0.327 e. The van der Waals surface area contributed by atoms with Crippen molar-refractivity contribution < 1.29 is 14.4 Å². The Labute approximate surface area is 150 Å². The van der Waals surface area contributed by atoms with E-state index in [1.165, 1.54) is 23.3 Å². The summed E-state index contributed by atoms with van der Waals surface area (Å²) in [6.07, 6.45) is 0.889. The predicted molar refractivity (Wildman–Crippen MR) is 94.1 cm³/mol. The first-order valence-corrected chi connectivity index (χ1v) is 9.24. The summed E-state index contributed by atoms with van der Waals surface area (Å²) in [7, 11) is 1.53. The van der Waals surface area contributed by atoms with Crippen LogP contribution < -0.4 is 5.73 Å². The fourth-order valence-electron chi connectivity index (χ4n) is 3.61. The number of hydrogen-bond acceptors (Lipinski definition) is 6. The van der Waals surface area contributed by atoms with Gasteiger partial charge in [0.25, 0.3) is 11.8 Å². The number of amides is 4. The Morgan fingerprint density at radius 3 is 2.52 bits per heavy atom. The van der Waals surface area contributed by atoms with E-state index in [1.807, 2.05) is 13.8 Å². The van der Waals surface area contributed by atoms with Gasteiger partial charge in [0, 0.05) is 32.1 Å². The van der Waals surface area contributed by atoms with Crippen LogP contribution in [0.2, 0.25) is 0 Å². The number of nitrogens with two attached hydrogens (primary N) is 1. The topological polar surface area (TPSA) is 99.8 Å². The Balaban J connectivity index is 1.77. The molecular weight excluding hydrogens is 342 g/mol. The van der Waals surface area contributed by atoms with Crippen molar-refractivity contribution >= 4 is 34.3 Å². The molecule has 2 aliphatic rings. The van der Waals surface area contributed by atoms with Crippen molar-refractivity contribution in [1.82, 2.24) is 19.7 Å². The molecule has 2 fully saturated rings. The molecule has 25 heavy (non-hydrogen) atoms. The maximum Gasteiger partial charge on any atom is 0.327 e. The van der Waals surface area contributed by atoms with Gasteiger partial charge in [-0.1, -0.05) is 13.8 Å². The number of carbonyl (C=O) groups is 3. The summed E-state index contributed by atoms with van der Waals surface area (Å²) >= 11 is 1.23. The third kappa shape index (κ3) is 2.86. The molecule has 1 aromatic rings. The van der Waals surface area contributed by atoms with E-state index in [2.05, 4.69) is 4.98 Å². The number of carbonyl (C=O) groups excluding carboxylic acids is 3. The van der Waals surface area contributed by atoms with Crippen molar-refractivity contribution in [3.05, 3.63) is 11.1 Å². The largest absolute Gasteiger partial charge is 0.375 e. The van der Waals surface area contributed by atoms with Crippen LogP contribution in [0.25, 0.3) is 0 Å². The second kappa shape index (κ2) is 6.29. The summed E-state index contributed by atoms with van der Waals surface area (Å²) in [5.41, 5.74) is 5.11. The second-order valence-corrected chi connectivity index (χ2v) is 7.94. The number of aromatic nitrogens is 1. The third-order valence-corrected chi connectivity index (χ3v) is 5.58. The lowest BCUT2D eigenvalue weighted by Crippen LogP contribution is -2.58. The van der Waals surface area contributed by atoms with Crippen molar-refractivity contribution in [1.29, 1.82) is 0 Å². The van der Waals surface area contributed by atoms with Crippen molar-refractivity contribution in [2.45, 2.75) is 32.2 Å². The monoisotopic (exact) mass is 365 g/mol. The van der Waals surface area contributed by atoms with Crippen LogP contribution in [0.4, 0.5) is 9.93 Å². The third-order valence-electron chi connectivity index (χ3n) is 4.90. The number of thiazole rings is 1. The van der Waals surface area contributed by atoms with Crippen LogP contribution in [0.3, 0.4) is 0 Å². The van der Waals surface area contributed by atoms with Gasteiger partial charge in [-0.05, 0) is 18.8 Å². The highest BCUT2D eigenvalue weighted by molar-refractivity contribution is 7.13. The first-order chi connectivity index (χ1) is 11.8. The zero-order valence-corrected chi connectivity index (χ0v) is 15.5. The average molecular weight is 365 g/mol. The number of piperidine rings is 1. The molecule has 0 bridgehead atoms. The van der Waals surface area contributed by atoms with E-state index in [0.717, 1.165) is 0 Å². The molecule has 2 N–H and O–H groups in total. The molecule has 136 valence electrons. The van der Waals surface area contributed by atoms with Gasteiger partial charge in [0.1, 0.15) is 11.2 Å². The molecule has 2 saturated heterocycles. The maximum atomic E-state index is 12.8. The second-order valence-electron chi connectivity index (χ2n) is 7.05. The molecule has 2 aliphatic heterocycles. The van der Waals surface area contributed by atoms with Crippen LogP contribution in [0.1, 0.15) is 37.2 Å². The quantitative estimate of drug-likeness (QED) is 0.813. The molecule has 4 amide bonds. The number of urea groups is 1. The summed E-state index contributed by atoms with van der Waals surface area (Å²) in [5, 5.41) is 2.00. The van der Waals surface area contributed by atoms with Crippen LogP contribution in [0.5, 0.6) is 0 Å². The molecular formula is C16H23N5O3S. The molecule has 8 nitrogen and oxygen atoms in total. The number of rotatable bonds is 3. The SMILES string of the molecule is CC(C)CN1C(=O)N(C)C(=O)C12CCN(C(=O)c1csc(N)n1)CC2. The molecule has 0 atom stereocenters. The summed E-state index contributed by atoms with van der Waals surface area (Å²) in [5.74, 6) is -0.0794. The fourth-order valence-corrected chi connectivity index (χ4v) is 4.14. The summed E-state index contributed by atoms with van der Waals surface area (Å²) in [6, 6.07) is -0.245. The first kappa shape index (κ1) is 17.7. The normalized spacial score (nSPS) is 20.2. The average Bonchev–Trinajstić information content (AvgIpc) is 3.08. The minimum atomic E-state index is -0.825. The van der Waals surface area contributed by atoms with Crippen molar-refractivity contribution in [2.24, 2.45) is 5.92 Å². The number of likely N-dealkylation sites (tertiary alicyclic amines) is 1. The van der Waals surface area contributed by atoms with Gasteiger partial charge >= 0.3 is 6.03 Å². The van der Waals surface area contributed by atoms with Crippen molar-refractivity contribution in [3.8, 4) is 0 Å². The Bertz CT molecular complexity index is 708. The standard InChI is InChI=1S/C16H23N5O3S/c1-10(2)8-21-15(24)19(3)13(23)16(21)4-6-20(7-5-16)12(22)11-9-25-14(17)18-11/h9-10H,4-8H2,1-3H3,(H2,17,18). The molecule has 0 saturated carbocycles. The van der Waals surface area contributed by atoms with E-state index in [4.69, 9.17) is 5.73 Å². The maximum absolute atomic E-state index is 12.8. The molecule has 9 heteroatoms. The molecule has 0 unspecified atom stereocenters. The van der Waals surface area contributed by atoms with E-state index < -0.39 is 5.54 Å². The number of imide groups is 1. The van der Waals surface area contributed by atoms with E-state index in [9.17, 15) is 14.4 Å². The summed E-state index contributed by atoms with van der Waals surface area (Å²) < 4.78 is 0. The number of hydrogen-bond donors (Lipinski definition) is 1. The molecule has 0 aliphatic carbocycles. The van der Waals surface area contributed by atoms with E-state index in [-0.39, 0.29) is 23.8 Å². The number of nitrogen functional groups attached to an aromatic ring is 1. The Morgan fingerprint density at radius 1 is 1.36 bits per heavy atom. The molecule has 1 aromatic heterocycles. The highest BCUT2D eigenvalue weighted by Crippen LogP contribution is 2.37. The van der Waals surface area contributed by atoms with Crippen LogP contribution in [-0.2, 0) is 4.79 Å². The number of likely N-dealkylation sites (N-methyl/N-ethyl adjacent to an activating group) is 1. The predicted octanol–water partition coefficient (Wildman–Crippen LogP) is 1.25. The van der Waals surface area contributed by atoms with Gasteiger partial charge in [-0.3, -0.25) is 14.5 Å². The molecule has 0 radical (unpaired) electrons. The van der Waals surface area contributed by atoms with Crippen molar-refractivity contribution in [2.75, 3.05) is 32.4 Å². The zero-order chi connectivity index (χ0) is 18.4. The number of anilines is 1. The van der Waals surface area contributed by atoms with Gasteiger partial charge in [-0.2, -0.15) is 0 Å². The minimum absolute atomic E-state index is 0.164. The fraction of sp³-hybridized carbons (Fsp3) is 0.625. The summed E-state index contributed by atoms with van der Waals surface area (Å²) in [4.78, 5) is 46.4. The van der Waals surface area contributed by atoms with Crippen LogP contribution in [-0.4, -0.2) is 69.8 Å². The summed E-state index contributed by atoms with van der Waals surface area (Å²) in [6.45, 7) is 5.41. The van der Waals surface area contributed by atoms with Gasteiger partial charge in [0.2, 0.25) is 0 Å². The number of nitrogens with zero attached hydrogens (tertiary/aromatic N) is 4. The Hall–Kier alpha value is -2.16. The Kier molecular flexibility index (Phi) is 4.44. The van der Waals surface area contributed by atoms with Gasteiger partial charge in [-0.25, -0.2) is 9.78 Å². The lowest BCUT2D eigenvalue weighted by molar-refractivity contribution is -0.134. The first-order valence-electron chi connectivity index (χ1n) is 8.36. The Morgan fingerprint density at radius 2 is 2.00 bits per heavy atom. The van der Waals surface area contributed by atoms with Gasteiger partial charge in [-0.15, -0.1) is 11.3 Å². The minimum Gasteiger partial charge on any atom is -0.375 e. The van der Waals surface area contributed by atoms with E-state index >= 15 is 0 Å². The lowest BCUT2D eigenvalue weighted by Gasteiger charge is -2.42. The molecule has 3 rings (SSSR count). The van der Waals surface area contributed by atoms with Crippen LogP contribution >= 0.6 is 11.3 Å². The van der Waals surface area contributed by atoms with Crippen LogP contribution in [0.15, 0.2) is 5.38 Å².